The molecule has 2 aliphatic rings. The zero-order valence-electron chi connectivity index (χ0n) is 13.4. The number of rotatable bonds is 5. The molecule has 2 saturated heterocycles. The van der Waals surface area contributed by atoms with Crippen LogP contribution in [0.1, 0.15) is 24.8 Å². The zero-order chi connectivity index (χ0) is 15.2. The van der Waals surface area contributed by atoms with Crippen molar-refractivity contribution in [1.29, 1.82) is 0 Å². The molecule has 3 rings (SSSR count). The maximum atomic E-state index is 12.3. The smallest absolute Gasteiger partial charge is 0.223 e. The van der Waals surface area contributed by atoms with Gasteiger partial charge in [0.1, 0.15) is 0 Å². The van der Waals surface area contributed by atoms with E-state index >= 15 is 0 Å². The normalized spacial score (nSPS) is 20.5. The van der Waals surface area contributed by atoms with Crippen LogP contribution in [-0.2, 0) is 11.3 Å². The highest BCUT2D eigenvalue weighted by Crippen LogP contribution is 2.11. The first-order chi connectivity index (χ1) is 10.8. The number of carbonyl (C=O) groups excluding carboxylic acids is 1. The molecule has 0 spiro atoms. The van der Waals surface area contributed by atoms with Crippen LogP contribution in [0.5, 0.6) is 0 Å². The summed E-state index contributed by atoms with van der Waals surface area (Å²) >= 11 is 0. The summed E-state index contributed by atoms with van der Waals surface area (Å²) in [6, 6.07) is 10.6. The lowest BCUT2D eigenvalue weighted by atomic mass is 10.2. The summed E-state index contributed by atoms with van der Waals surface area (Å²) in [7, 11) is 0. The molecule has 4 nitrogen and oxygen atoms in total. The predicted molar refractivity (Wildman–Crippen MR) is 88.6 cm³/mol. The summed E-state index contributed by atoms with van der Waals surface area (Å²) < 4.78 is 0. The summed E-state index contributed by atoms with van der Waals surface area (Å²) in [5, 5.41) is 0. The molecule has 1 aromatic rings. The second-order valence-corrected chi connectivity index (χ2v) is 6.44. The minimum Gasteiger partial charge on any atom is -0.340 e. The van der Waals surface area contributed by atoms with E-state index in [1.165, 1.54) is 31.5 Å². The number of hydrogen-bond donors (Lipinski definition) is 0. The third-order valence-electron chi connectivity index (χ3n) is 4.81. The Labute approximate surface area is 133 Å². The molecule has 2 heterocycles. The SMILES string of the molecule is O=C(CCN1CCCC1)N1CCN(Cc2ccccc2)CC1. The maximum absolute atomic E-state index is 12.3. The lowest BCUT2D eigenvalue weighted by molar-refractivity contribution is -0.133. The van der Waals surface area contributed by atoms with Crippen LogP contribution >= 0.6 is 0 Å². The van der Waals surface area contributed by atoms with Crippen LogP contribution in [0.15, 0.2) is 30.3 Å². The molecule has 0 aromatic heterocycles. The Hall–Kier alpha value is -1.39. The second kappa shape index (κ2) is 7.75. The van der Waals surface area contributed by atoms with E-state index < -0.39 is 0 Å². The van der Waals surface area contributed by atoms with Gasteiger partial charge in [0, 0.05) is 45.7 Å². The fraction of sp³-hybridized carbons (Fsp3) is 0.611. The van der Waals surface area contributed by atoms with E-state index in [-0.39, 0.29) is 0 Å². The molecule has 22 heavy (non-hydrogen) atoms. The van der Waals surface area contributed by atoms with Crippen LogP contribution in [0.25, 0.3) is 0 Å². The van der Waals surface area contributed by atoms with E-state index in [9.17, 15) is 4.79 Å². The number of hydrogen-bond acceptors (Lipinski definition) is 3. The molecule has 1 aromatic carbocycles. The molecule has 1 amide bonds. The van der Waals surface area contributed by atoms with Crippen LogP contribution in [0.4, 0.5) is 0 Å². The van der Waals surface area contributed by atoms with Gasteiger partial charge in [0.15, 0.2) is 0 Å². The maximum Gasteiger partial charge on any atom is 0.223 e. The van der Waals surface area contributed by atoms with Crippen molar-refractivity contribution in [2.75, 3.05) is 45.8 Å². The average Bonchev–Trinajstić information content (AvgIpc) is 3.08. The van der Waals surface area contributed by atoms with E-state index in [1.807, 2.05) is 0 Å². The van der Waals surface area contributed by atoms with Gasteiger partial charge in [-0.3, -0.25) is 9.69 Å². The predicted octanol–water partition coefficient (Wildman–Crippen LogP) is 1.82. The highest BCUT2D eigenvalue weighted by molar-refractivity contribution is 5.76. The minimum absolute atomic E-state index is 0.339. The van der Waals surface area contributed by atoms with Crippen molar-refractivity contribution in [2.45, 2.75) is 25.8 Å². The van der Waals surface area contributed by atoms with Gasteiger partial charge in [-0.25, -0.2) is 0 Å². The van der Waals surface area contributed by atoms with Gasteiger partial charge in [0.05, 0.1) is 0 Å². The van der Waals surface area contributed by atoms with Gasteiger partial charge in [-0.15, -0.1) is 0 Å². The number of benzene rings is 1. The van der Waals surface area contributed by atoms with Gasteiger partial charge in [-0.2, -0.15) is 0 Å². The Balaban J connectivity index is 1.38. The minimum atomic E-state index is 0.339. The van der Waals surface area contributed by atoms with Crippen molar-refractivity contribution >= 4 is 5.91 Å². The van der Waals surface area contributed by atoms with Gasteiger partial charge in [0.25, 0.3) is 0 Å². The van der Waals surface area contributed by atoms with Crippen molar-refractivity contribution in [3.63, 3.8) is 0 Å². The quantitative estimate of drug-likeness (QED) is 0.830. The number of piperazine rings is 1. The standard InChI is InChI=1S/C18H27N3O/c22-18(8-11-19-9-4-5-10-19)21-14-12-20(13-15-21)16-17-6-2-1-3-7-17/h1-3,6-7H,4-5,8-16H2. The van der Waals surface area contributed by atoms with E-state index in [1.54, 1.807) is 0 Å². The van der Waals surface area contributed by atoms with Crippen LogP contribution in [0.3, 0.4) is 0 Å². The summed E-state index contributed by atoms with van der Waals surface area (Å²) in [6.45, 7) is 8.04. The van der Waals surface area contributed by atoms with Gasteiger partial charge in [-0.1, -0.05) is 30.3 Å². The van der Waals surface area contributed by atoms with Gasteiger partial charge in [-0.05, 0) is 31.5 Å². The first kappa shape index (κ1) is 15.5. The highest BCUT2D eigenvalue weighted by Gasteiger charge is 2.22. The van der Waals surface area contributed by atoms with Crippen LogP contribution in [-0.4, -0.2) is 66.4 Å². The van der Waals surface area contributed by atoms with E-state index in [4.69, 9.17) is 0 Å². The molecule has 120 valence electrons. The first-order valence-corrected chi connectivity index (χ1v) is 8.58. The molecule has 0 radical (unpaired) electrons. The second-order valence-electron chi connectivity index (χ2n) is 6.44. The van der Waals surface area contributed by atoms with Gasteiger partial charge >= 0.3 is 0 Å². The van der Waals surface area contributed by atoms with E-state index in [0.717, 1.165) is 39.3 Å². The lowest BCUT2D eigenvalue weighted by Crippen LogP contribution is -2.48. The fourth-order valence-electron chi connectivity index (χ4n) is 3.42. The van der Waals surface area contributed by atoms with Crippen molar-refractivity contribution < 1.29 is 4.79 Å². The molecule has 0 saturated carbocycles. The molecule has 0 N–H and O–H groups in total. The Morgan fingerprint density at radius 1 is 0.864 bits per heavy atom. The molecule has 0 unspecified atom stereocenters. The third kappa shape index (κ3) is 4.31. The third-order valence-corrected chi connectivity index (χ3v) is 4.81. The average molecular weight is 301 g/mol. The summed E-state index contributed by atoms with van der Waals surface area (Å²) in [5.74, 6) is 0.339. The molecule has 0 bridgehead atoms. The number of carbonyl (C=O) groups is 1. The molecule has 0 aliphatic carbocycles. The summed E-state index contributed by atoms with van der Waals surface area (Å²) in [5.41, 5.74) is 1.36. The molecular weight excluding hydrogens is 274 g/mol. The number of likely N-dealkylation sites (tertiary alicyclic amines) is 1. The monoisotopic (exact) mass is 301 g/mol. The number of amides is 1. The lowest BCUT2D eigenvalue weighted by Gasteiger charge is -2.35. The highest BCUT2D eigenvalue weighted by atomic mass is 16.2. The van der Waals surface area contributed by atoms with Gasteiger partial charge in [0.2, 0.25) is 5.91 Å². The summed E-state index contributed by atoms with van der Waals surface area (Å²) in [4.78, 5) is 19.2. The Morgan fingerprint density at radius 3 is 2.23 bits per heavy atom. The molecule has 0 atom stereocenters. The molecular formula is C18H27N3O. The van der Waals surface area contributed by atoms with Crippen LogP contribution in [0.2, 0.25) is 0 Å². The summed E-state index contributed by atoms with van der Waals surface area (Å²) in [6.07, 6.45) is 3.29. The Kier molecular flexibility index (Phi) is 5.46. The van der Waals surface area contributed by atoms with Crippen molar-refractivity contribution in [1.82, 2.24) is 14.7 Å². The van der Waals surface area contributed by atoms with E-state index in [0.29, 0.717) is 12.3 Å². The Bertz CT molecular complexity index is 462. The van der Waals surface area contributed by atoms with Gasteiger partial charge < -0.3 is 9.80 Å². The van der Waals surface area contributed by atoms with Crippen LogP contribution in [0, 0.1) is 0 Å². The topological polar surface area (TPSA) is 26.8 Å². The van der Waals surface area contributed by atoms with E-state index in [2.05, 4.69) is 45.0 Å². The van der Waals surface area contributed by atoms with Crippen molar-refractivity contribution in [3.8, 4) is 0 Å². The molecule has 2 aliphatic heterocycles. The largest absolute Gasteiger partial charge is 0.340 e. The Morgan fingerprint density at radius 2 is 1.55 bits per heavy atom. The van der Waals surface area contributed by atoms with Crippen molar-refractivity contribution in [2.24, 2.45) is 0 Å². The number of nitrogens with zero attached hydrogens (tertiary/aromatic N) is 3. The molecule has 4 heteroatoms. The van der Waals surface area contributed by atoms with Crippen molar-refractivity contribution in [3.05, 3.63) is 35.9 Å². The fourth-order valence-corrected chi connectivity index (χ4v) is 3.42. The molecule has 2 fully saturated rings. The van der Waals surface area contributed by atoms with Crippen LogP contribution < -0.4 is 0 Å². The zero-order valence-corrected chi connectivity index (χ0v) is 13.4. The first-order valence-electron chi connectivity index (χ1n) is 8.58.